The standard InChI is InChI=1S/C11H20N2OS.ClH/c14-11(9-3-1-5-12-7-9)13-8-10-4-2-6-15-10;/h9-10,12H,1-8H2,(H,13,14);1H/t9-,10?;/m1./s1. The molecule has 1 amide bonds. The van der Waals surface area contributed by atoms with Gasteiger partial charge in [-0.05, 0) is 38.0 Å². The minimum Gasteiger partial charge on any atom is -0.355 e. The summed E-state index contributed by atoms with van der Waals surface area (Å²) < 4.78 is 0. The first kappa shape index (κ1) is 14.1. The Morgan fingerprint density at radius 2 is 2.25 bits per heavy atom. The molecule has 0 aromatic rings. The number of thioether (sulfide) groups is 1. The van der Waals surface area contributed by atoms with Crippen LogP contribution in [0.1, 0.15) is 25.7 Å². The van der Waals surface area contributed by atoms with Crippen molar-refractivity contribution in [2.75, 3.05) is 25.4 Å². The highest BCUT2D eigenvalue weighted by Crippen LogP contribution is 2.25. The zero-order valence-electron chi connectivity index (χ0n) is 9.54. The van der Waals surface area contributed by atoms with Crippen LogP contribution in [0.2, 0.25) is 0 Å². The Labute approximate surface area is 108 Å². The second-order valence-electron chi connectivity index (χ2n) is 4.42. The fourth-order valence-corrected chi connectivity index (χ4v) is 3.44. The summed E-state index contributed by atoms with van der Waals surface area (Å²) in [6, 6.07) is 0. The second kappa shape index (κ2) is 7.41. The first-order valence-corrected chi connectivity index (χ1v) is 7.01. The maximum atomic E-state index is 11.8. The summed E-state index contributed by atoms with van der Waals surface area (Å²) >= 11 is 2.00. The highest BCUT2D eigenvalue weighted by atomic mass is 35.5. The van der Waals surface area contributed by atoms with Gasteiger partial charge in [-0.2, -0.15) is 11.8 Å². The number of piperidine rings is 1. The van der Waals surface area contributed by atoms with Crippen molar-refractivity contribution >= 4 is 30.1 Å². The number of halogens is 1. The van der Waals surface area contributed by atoms with E-state index in [4.69, 9.17) is 0 Å². The van der Waals surface area contributed by atoms with Gasteiger partial charge in [0.15, 0.2) is 0 Å². The number of carbonyl (C=O) groups excluding carboxylic acids is 1. The zero-order valence-corrected chi connectivity index (χ0v) is 11.2. The van der Waals surface area contributed by atoms with Gasteiger partial charge in [-0.1, -0.05) is 0 Å². The van der Waals surface area contributed by atoms with Crippen LogP contribution >= 0.6 is 24.2 Å². The van der Waals surface area contributed by atoms with E-state index in [2.05, 4.69) is 10.6 Å². The van der Waals surface area contributed by atoms with Gasteiger partial charge in [0, 0.05) is 18.3 Å². The molecule has 2 heterocycles. The average molecular weight is 265 g/mol. The number of nitrogens with one attached hydrogen (secondary N) is 2. The van der Waals surface area contributed by atoms with E-state index in [0.717, 1.165) is 32.5 Å². The predicted octanol–water partition coefficient (Wildman–Crippen LogP) is 1.42. The van der Waals surface area contributed by atoms with Crippen LogP contribution in [-0.4, -0.2) is 36.5 Å². The van der Waals surface area contributed by atoms with Crippen molar-refractivity contribution in [2.24, 2.45) is 5.92 Å². The van der Waals surface area contributed by atoms with E-state index >= 15 is 0 Å². The highest BCUT2D eigenvalue weighted by molar-refractivity contribution is 8.00. The van der Waals surface area contributed by atoms with Gasteiger partial charge in [0.2, 0.25) is 5.91 Å². The molecule has 16 heavy (non-hydrogen) atoms. The summed E-state index contributed by atoms with van der Waals surface area (Å²) in [6.07, 6.45) is 4.77. The first-order valence-electron chi connectivity index (χ1n) is 5.96. The van der Waals surface area contributed by atoms with E-state index in [1.165, 1.54) is 18.6 Å². The van der Waals surface area contributed by atoms with Crippen LogP contribution < -0.4 is 10.6 Å². The fraction of sp³-hybridized carbons (Fsp3) is 0.909. The molecule has 2 fully saturated rings. The quantitative estimate of drug-likeness (QED) is 0.810. The maximum Gasteiger partial charge on any atom is 0.224 e. The molecule has 0 aromatic carbocycles. The van der Waals surface area contributed by atoms with Crippen molar-refractivity contribution < 1.29 is 4.79 Å². The number of hydrogen-bond donors (Lipinski definition) is 2. The van der Waals surface area contributed by atoms with Crippen LogP contribution in [0.15, 0.2) is 0 Å². The van der Waals surface area contributed by atoms with Gasteiger partial charge in [0.25, 0.3) is 0 Å². The number of amides is 1. The molecule has 0 bridgehead atoms. The number of carbonyl (C=O) groups is 1. The Morgan fingerprint density at radius 1 is 1.38 bits per heavy atom. The molecule has 0 aromatic heterocycles. The van der Waals surface area contributed by atoms with E-state index in [1.807, 2.05) is 11.8 Å². The molecule has 2 saturated heterocycles. The van der Waals surface area contributed by atoms with E-state index in [0.29, 0.717) is 5.25 Å². The van der Waals surface area contributed by atoms with Crippen LogP contribution in [-0.2, 0) is 4.79 Å². The van der Waals surface area contributed by atoms with Gasteiger partial charge in [-0.15, -0.1) is 12.4 Å². The molecule has 3 nitrogen and oxygen atoms in total. The fourth-order valence-electron chi connectivity index (χ4n) is 2.24. The largest absolute Gasteiger partial charge is 0.355 e. The molecule has 2 N–H and O–H groups in total. The molecule has 0 spiro atoms. The van der Waals surface area contributed by atoms with E-state index in [9.17, 15) is 4.79 Å². The van der Waals surface area contributed by atoms with Crippen LogP contribution in [0.5, 0.6) is 0 Å². The van der Waals surface area contributed by atoms with E-state index < -0.39 is 0 Å². The molecule has 0 saturated carbocycles. The van der Waals surface area contributed by atoms with Crippen molar-refractivity contribution in [2.45, 2.75) is 30.9 Å². The smallest absolute Gasteiger partial charge is 0.224 e. The number of rotatable bonds is 3. The molecule has 1 unspecified atom stereocenters. The summed E-state index contributed by atoms with van der Waals surface area (Å²) in [5.74, 6) is 1.74. The summed E-state index contributed by atoms with van der Waals surface area (Å²) in [5, 5.41) is 7.04. The van der Waals surface area contributed by atoms with Gasteiger partial charge in [0.05, 0.1) is 5.92 Å². The van der Waals surface area contributed by atoms with Gasteiger partial charge in [-0.3, -0.25) is 4.79 Å². The maximum absolute atomic E-state index is 11.8. The molecule has 0 aliphatic carbocycles. The summed E-state index contributed by atoms with van der Waals surface area (Å²) in [7, 11) is 0. The Kier molecular flexibility index (Phi) is 6.54. The van der Waals surface area contributed by atoms with Gasteiger partial charge < -0.3 is 10.6 Å². The minimum absolute atomic E-state index is 0. The van der Waals surface area contributed by atoms with Crippen molar-refractivity contribution in [1.82, 2.24) is 10.6 Å². The molecule has 0 radical (unpaired) electrons. The Morgan fingerprint density at radius 3 is 2.88 bits per heavy atom. The minimum atomic E-state index is 0. The van der Waals surface area contributed by atoms with Crippen LogP contribution in [0.3, 0.4) is 0 Å². The lowest BCUT2D eigenvalue weighted by atomic mass is 9.99. The molecule has 2 aliphatic rings. The molecular weight excluding hydrogens is 244 g/mol. The Hall–Kier alpha value is 0.0700. The van der Waals surface area contributed by atoms with Crippen molar-refractivity contribution in [3.05, 3.63) is 0 Å². The third-order valence-corrected chi connectivity index (χ3v) is 4.59. The summed E-state index contributed by atoms with van der Waals surface area (Å²) in [4.78, 5) is 11.8. The average Bonchev–Trinajstić information content (AvgIpc) is 2.80. The van der Waals surface area contributed by atoms with Crippen molar-refractivity contribution in [3.63, 3.8) is 0 Å². The molecule has 5 heteroatoms. The summed E-state index contributed by atoms with van der Waals surface area (Å²) in [6.45, 7) is 2.81. The van der Waals surface area contributed by atoms with E-state index in [-0.39, 0.29) is 24.2 Å². The van der Waals surface area contributed by atoms with E-state index in [1.54, 1.807) is 0 Å². The summed E-state index contributed by atoms with van der Waals surface area (Å²) in [5.41, 5.74) is 0. The van der Waals surface area contributed by atoms with Crippen molar-refractivity contribution in [1.29, 1.82) is 0 Å². The molecule has 2 atom stereocenters. The predicted molar refractivity (Wildman–Crippen MR) is 71.3 cm³/mol. The second-order valence-corrected chi connectivity index (χ2v) is 5.83. The highest BCUT2D eigenvalue weighted by Gasteiger charge is 2.22. The third kappa shape index (κ3) is 4.15. The molecule has 2 rings (SSSR count). The lowest BCUT2D eigenvalue weighted by Crippen LogP contribution is -2.42. The van der Waals surface area contributed by atoms with Crippen LogP contribution in [0.4, 0.5) is 0 Å². The lowest BCUT2D eigenvalue weighted by Gasteiger charge is -2.22. The lowest BCUT2D eigenvalue weighted by molar-refractivity contribution is -0.125. The van der Waals surface area contributed by atoms with Gasteiger partial charge in [-0.25, -0.2) is 0 Å². The SMILES string of the molecule is Cl.O=C(NCC1CCCS1)[C@@H]1CCCNC1. The third-order valence-electron chi connectivity index (χ3n) is 3.20. The van der Waals surface area contributed by atoms with Crippen LogP contribution in [0.25, 0.3) is 0 Å². The zero-order chi connectivity index (χ0) is 10.5. The van der Waals surface area contributed by atoms with Crippen molar-refractivity contribution in [3.8, 4) is 0 Å². The monoisotopic (exact) mass is 264 g/mol. The Bertz CT molecular complexity index is 216. The topological polar surface area (TPSA) is 41.1 Å². The Balaban J connectivity index is 0.00000128. The number of hydrogen-bond acceptors (Lipinski definition) is 3. The van der Waals surface area contributed by atoms with Gasteiger partial charge in [0.1, 0.15) is 0 Å². The first-order chi connectivity index (χ1) is 7.36. The molecule has 2 aliphatic heterocycles. The molecule has 94 valence electrons. The van der Waals surface area contributed by atoms with Crippen LogP contribution in [0, 0.1) is 5.92 Å². The van der Waals surface area contributed by atoms with Gasteiger partial charge >= 0.3 is 0 Å². The molecular formula is C11H21ClN2OS. The normalized spacial score (nSPS) is 29.5.